The Bertz CT molecular complexity index is 153. The van der Waals surface area contributed by atoms with Gasteiger partial charge >= 0.3 is 5.97 Å². The summed E-state index contributed by atoms with van der Waals surface area (Å²) in [7, 11) is 0. The maximum Gasteiger partial charge on any atom is 0.315 e. The number of ether oxygens (including phenoxy) is 1. The van der Waals surface area contributed by atoms with Crippen molar-refractivity contribution in [3.63, 3.8) is 0 Å². The highest BCUT2D eigenvalue weighted by Crippen LogP contribution is 2.04. The zero-order valence-corrected chi connectivity index (χ0v) is 9.94. The van der Waals surface area contributed by atoms with Crippen molar-refractivity contribution in [3.05, 3.63) is 0 Å². The van der Waals surface area contributed by atoms with Gasteiger partial charge in [0, 0.05) is 11.8 Å². The molecule has 0 aromatic heterocycles. The molecule has 4 heteroatoms. The first kappa shape index (κ1) is 13.8. The summed E-state index contributed by atoms with van der Waals surface area (Å²) in [5.41, 5.74) is 5.71. The molecule has 0 aliphatic carbocycles. The monoisotopic (exact) mass is 219 g/mol. The van der Waals surface area contributed by atoms with Gasteiger partial charge in [-0.1, -0.05) is 20.3 Å². The molecule has 0 saturated heterocycles. The van der Waals surface area contributed by atoms with Crippen molar-refractivity contribution in [2.24, 2.45) is 5.73 Å². The van der Waals surface area contributed by atoms with Crippen LogP contribution in [0.25, 0.3) is 0 Å². The molecular formula is C10H21NO2S. The van der Waals surface area contributed by atoms with Gasteiger partial charge in [0.05, 0.1) is 12.4 Å². The van der Waals surface area contributed by atoms with Crippen LogP contribution in [-0.4, -0.2) is 30.1 Å². The quantitative estimate of drug-likeness (QED) is 0.499. The van der Waals surface area contributed by atoms with E-state index in [0.29, 0.717) is 12.4 Å². The summed E-state index contributed by atoms with van der Waals surface area (Å²) in [6, 6.07) is 0.198. The van der Waals surface area contributed by atoms with Crippen molar-refractivity contribution in [1.29, 1.82) is 0 Å². The van der Waals surface area contributed by atoms with Crippen LogP contribution in [0, 0.1) is 0 Å². The van der Waals surface area contributed by atoms with Crippen molar-refractivity contribution in [3.8, 4) is 0 Å². The predicted molar refractivity (Wildman–Crippen MR) is 61.5 cm³/mol. The molecule has 0 amide bonds. The summed E-state index contributed by atoms with van der Waals surface area (Å²) in [4.78, 5) is 11.1. The molecule has 0 bridgehead atoms. The molecule has 2 N–H and O–H groups in total. The zero-order chi connectivity index (χ0) is 10.8. The Morgan fingerprint density at radius 1 is 1.50 bits per heavy atom. The summed E-state index contributed by atoms with van der Waals surface area (Å²) < 4.78 is 5.00. The van der Waals surface area contributed by atoms with Crippen molar-refractivity contribution in [2.75, 3.05) is 18.1 Å². The van der Waals surface area contributed by atoms with Crippen LogP contribution in [0.4, 0.5) is 0 Å². The van der Waals surface area contributed by atoms with Gasteiger partial charge < -0.3 is 10.5 Å². The van der Waals surface area contributed by atoms with Crippen LogP contribution in [-0.2, 0) is 9.53 Å². The first-order chi connectivity index (χ1) is 6.70. The van der Waals surface area contributed by atoms with E-state index in [-0.39, 0.29) is 12.0 Å². The molecular weight excluding hydrogens is 198 g/mol. The summed E-state index contributed by atoms with van der Waals surface area (Å²) in [5, 5.41) is 0. The number of nitrogens with two attached hydrogens (primary N) is 1. The van der Waals surface area contributed by atoms with Crippen LogP contribution in [0.1, 0.15) is 33.1 Å². The molecule has 0 aromatic carbocycles. The molecule has 0 spiro atoms. The highest BCUT2D eigenvalue weighted by Gasteiger charge is 2.04. The predicted octanol–water partition coefficient (Wildman–Crippen LogP) is 1.80. The van der Waals surface area contributed by atoms with Gasteiger partial charge in [0.2, 0.25) is 0 Å². The third kappa shape index (κ3) is 8.38. The first-order valence-corrected chi connectivity index (χ1v) is 6.35. The second-order valence-corrected chi connectivity index (χ2v) is 4.29. The largest absolute Gasteiger partial charge is 0.465 e. The lowest BCUT2D eigenvalue weighted by Gasteiger charge is -2.07. The van der Waals surface area contributed by atoms with E-state index in [1.54, 1.807) is 11.8 Å². The van der Waals surface area contributed by atoms with Gasteiger partial charge in [0.15, 0.2) is 0 Å². The maximum absolute atomic E-state index is 11.1. The molecule has 0 rings (SSSR count). The molecule has 84 valence electrons. The van der Waals surface area contributed by atoms with Crippen LogP contribution in [0.3, 0.4) is 0 Å². The standard InChI is InChI=1S/C10H21NO2S/c1-3-5-6-13-10(12)8-14-7-9(11)4-2/h9H,3-8,11H2,1-2H3. The van der Waals surface area contributed by atoms with Crippen LogP contribution >= 0.6 is 11.8 Å². The first-order valence-electron chi connectivity index (χ1n) is 5.19. The van der Waals surface area contributed by atoms with Crippen LogP contribution in [0.15, 0.2) is 0 Å². The molecule has 0 radical (unpaired) electrons. The number of unbranched alkanes of at least 4 members (excludes halogenated alkanes) is 1. The van der Waals surface area contributed by atoms with Crippen molar-refractivity contribution in [2.45, 2.75) is 39.2 Å². The Hall–Kier alpha value is -0.220. The second kappa shape index (κ2) is 9.34. The molecule has 0 aliphatic rings. The smallest absolute Gasteiger partial charge is 0.315 e. The number of carbonyl (C=O) groups is 1. The average Bonchev–Trinajstić information content (AvgIpc) is 2.18. The van der Waals surface area contributed by atoms with Crippen LogP contribution in [0.5, 0.6) is 0 Å². The van der Waals surface area contributed by atoms with E-state index in [1.807, 2.05) is 6.92 Å². The molecule has 0 aromatic rings. The minimum atomic E-state index is -0.119. The SMILES string of the molecule is CCCCOC(=O)CSCC(N)CC. The fourth-order valence-electron chi connectivity index (χ4n) is 0.783. The third-order valence-corrected chi connectivity index (χ3v) is 2.94. The van der Waals surface area contributed by atoms with E-state index in [1.165, 1.54) is 0 Å². The van der Waals surface area contributed by atoms with E-state index < -0.39 is 0 Å². The highest BCUT2D eigenvalue weighted by atomic mass is 32.2. The van der Waals surface area contributed by atoms with Gasteiger partial charge in [-0.3, -0.25) is 4.79 Å². The Morgan fingerprint density at radius 3 is 2.79 bits per heavy atom. The van der Waals surface area contributed by atoms with Gasteiger partial charge in [-0.15, -0.1) is 11.8 Å². The van der Waals surface area contributed by atoms with Gasteiger partial charge in [0.25, 0.3) is 0 Å². The number of hydrogen-bond acceptors (Lipinski definition) is 4. The van der Waals surface area contributed by atoms with Crippen LogP contribution in [0.2, 0.25) is 0 Å². The third-order valence-electron chi connectivity index (χ3n) is 1.84. The summed E-state index contributed by atoms with van der Waals surface area (Å²) in [5.74, 6) is 1.14. The number of carbonyl (C=O) groups excluding carboxylic acids is 1. The summed E-state index contributed by atoms with van der Waals surface area (Å²) in [6.07, 6.45) is 2.96. The lowest BCUT2D eigenvalue weighted by molar-refractivity contribution is -0.140. The number of esters is 1. The Kier molecular flexibility index (Phi) is 9.19. The van der Waals surface area contributed by atoms with Gasteiger partial charge in [-0.2, -0.15) is 0 Å². The van der Waals surface area contributed by atoms with E-state index in [4.69, 9.17) is 10.5 Å². The second-order valence-electron chi connectivity index (χ2n) is 3.26. The molecule has 0 fully saturated rings. The normalized spacial score (nSPS) is 12.5. The van der Waals surface area contributed by atoms with Gasteiger partial charge in [-0.25, -0.2) is 0 Å². The van der Waals surface area contributed by atoms with E-state index in [9.17, 15) is 4.79 Å². The molecule has 1 atom stereocenters. The van der Waals surface area contributed by atoms with E-state index in [2.05, 4.69) is 6.92 Å². The van der Waals surface area contributed by atoms with E-state index >= 15 is 0 Å². The summed E-state index contributed by atoms with van der Waals surface area (Å²) >= 11 is 1.55. The molecule has 3 nitrogen and oxygen atoms in total. The fraction of sp³-hybridized carbons (Fsp3) is 0.900. The molecule has 14 heavy (non-hydrogen) atoms. The van der Waals surface area contributed by atoms with Crippen molar-refractivity contribution >= 4 is 17.7 Å². The highest BCUT2D eigenvalue weighted by molar-refractivity contribution is 7.99. The number of hydrogen-bond donors (Lipinski definition) is 1. The molecule has 0 aliphatic heterocycles. The molecule has 0 heterocycles. The maximum atomic E-state index is 11.1. The summed E-state index contributed by atoms with van der Waals surface area (Å²) in [6.45, 7) is 4.67. The topological polar surface area (TPSA) is 52.3 Å². The lowest BCUT2D eigenvalue weighted by Crippen LogP contribution is -2.22. The van der Waals surface area contributed by atoms with E-state index in [0.717, 1.165) is 25.0 Å². The molecule has 1 unspecified atom stereocenters. The fourth-order valence-corrected chi connectivity index (χ4v) is 1.69. The average molecular weight is 219 g/mol. The number of rotatable bonds is 8. The van der Waals surface area contributed by atoms with Crippen molar-refractivity contribution < 1.29 is 9.53 Å². The van der Waals surface area contributed by atoms with Crippen molar-refractivity contribution in [1.82, 2.24) is 0 Å². The Balaban J connectivity index is 3.26. The Morgan fingerprint density at radius 2 is 2.21 bits per heavy atom. The minimum Gasteiger partial charge on any atom is -0.465 e. The van der Waals surface area contributed by atoms with Gasteiger partial charge in [-0.05, 0) is 12.8 Å². The molecule has 0 saturated carbocycles. The van der Waals surface area contributed by atoms with Gasteiger partial charge in [0.1, 0.15) is 0 Å². The zero-order valence-electron chi connectivity index (χ0n) is 9.12. The Labute approximate surface area is 90.8 Å². The number of thioether (sulfide) groups is 1. The minimum absolute atomic E-state index is 0.119. The lowest BCUT2D eigenvalue weighted by atomic mass is 10.3. The van der Waals surface area contributed by atoms with Crippen LogP contribution < -0.4 is 5.73 Å².